The maximum atomic E-state index is 12.0. The molecule has 3 heteroatoms. The number of carbonyl (C=O) groups excluding carboxylic acids is 2. The van der Waals surface area contributed by atoms with Gasteiger partial charge in [-0.05, 0) is 25.0 Å². The molecule has 1 heterocycles. The Hall–Kier alpha value is -1.51. The van der Waals surface area contributed by atoms with Crippen LogP contribution in [0.5, 0.6) is 0 Å². The van der Waals surface area contributed by atoms with E-state index in [9.17, 15) is 9.59 Å². The van der Waals surface area contributed by atoms with Crippen molar-refractivity contribution in [3.8, 4) is 0 Å². The van der Waals surface area contributed by atoms with Crippen molar-refractivity contribution in [2.24, 2.45) is 5.92 Å². The molecule has 0 unspecified atom stereocenters. The van der Waals surface area contributed by atoms with E-state index < -0.39 is 0 Å². The van der Waals surface area contributed by atoms with Gasteiger partial charge in [0.2, 0.25) is 0 Å². The Morgan fingerprint density at radius 1 is 1.22 bits per heavy atom. The van der Waals surface area contributed by atoms with E-state index in [2.05, 4.69) is 4.98 Å². The molecule has 0 radical (unpaired) electrons. The smallest absolute Gasteiger partial charge is 0.181 e. The number of Topliss-reactive ketones (excluding diaryl/α,β-unsaturated/α-hetero) is 2. The van der Waals surface area contributed by atoms with Crippen LogP contribution in [0.2, 0.25) is 0 Å². The number of ketones is 2. The quantitative estimate of drug-likeness (QED) is 0.763. The number of aromatic nitrogens is 1. The standard InChI is InChI=1S/C15H19NO2/c1-11(17)13-7-8-14(16-10-13)15(18)9-12-5-3-2-4-6-12/h7-8,10,12H,2-6,9H2,1H3. The van der Waals surface area contributed by atoms with Crippen molar-refractivity contribution in [3.05, 3.63) is 29.6 Å². The summed E-state index contributed by atoms with van der Waals surface area (Å²) in [5.74, 6) is 0.617. The van der Waals surface area contributed by atoms with Gasteiger partial charge >= 0.3 is 0 Å². The minimum Gasteiger partial charge on any atom is -0.294 e. The highest BCUT2D eigenvalue weighted by atomic mass is 16.1. The highest BCUT2D eigenvalue weighted by Crippen LogP contribution is 2.27. The Balaban J connectivity index is 1.97. The predicted octanol–water partition coefficient (Wildman–Crippen LogP) is 3.44. The van der Waals surface area contributed by atoms with Crippen molar-refractivity contribution in [3.63, 3.8) is 0 Å². The van der Waals surface area contributed by atoms with Crippen LogP contribution in [0.3, 0.4) is 0 Å². The fourth-order valence-corrected chi connectivity index (χ4v) is 2.53. The average Bonchev–Trinajstić information content (AvgIpc) is 2.40. The van der Waals surface area contributed by atoms with Crippen LogP contribution in [-0.4, -0.2) is 16.6 Å². The summed E-state index contributed by atoms with van der Waals surface area (Å²) in [7, 11) is 0. The van der Waals surface area contributed by atoms with E-state index in [4.69, 9.17) is 0 Å². The molecule has 1 aliphatic carbocycles. The molecule has 1 fully saturated rings. The minimum absolute atomic E-state index is 0.0196. The van der Waals surface area contributed by atoms with Crippen molar-refractivity contribution in [2.75, 3.05) is 0 Å². The summed E-state index contributed by atoms with van der Waals surface area (Å²) in [4.78, 5) is 27.3. The molecule has 18 heavy (non-hydrogen) atoms. The van der Waals surface area contributed by atoms with Gasteiger partial charge in [0.1, 0.15) is 5.69 Å². The molecule has 1 aromatic rings. The van der Waals surface area contributed by atoms with Crippen molar-refractivity contribution < 1.29 is 9.59 Å². The van der Waals surface area contributed by atoms with Gasteiger partial charge in [-0.3, -0.25) is 14.6 Å². The third-order valence-electron chi connectivity index (χ3n) is 3.65. The molecule has 0 aromatic carbocycles. The minimum atomic E-state index is -0.0196. The van der Waals surface area contributed by atoms with Crippen LogP contribution in [0.1, 0.15) is 66.3 Å². The van der Waals surface area contributed by atoms with Crippen LogP contribution in [0.4, 0.5) is 0 Å². The highest BCUT2D eigenvalue weighted by molar-refractivity contribution is 5.97. The van der Waals surface area contributed by atoms with Crippen LogP contribution < -0.4 is 0 Å². The van der Waals surface area contributed by atoms with Gasteiger partial charge < -0.3 is 0 Å². The van der Waals surface area contributed by atoms with Gasteiger partial charge in [-0.2, -0.15) is 0 Å². The Labute approximate surface area is 108 Å². The summed E-state index contributed by atoms with van der Waals surface area (Å²) in [5, 5.41) is 0. The second-order valence-corrected chi connectivity index (χ2v) is 5.12. The van der Waals surface area contributed by atoms with E-state index in [1.165, 1.54) is 32.4 Å². The molecular weight excluding hydrogens is 226 g/mol. The zero-order chi connectivity index (χ0) is 13.0. The van der Waals surface area contributed by atoms with Crippen molar-refractivity contribution in [1.29, 1.82) is 0 Å². The van der Waals surface area contributed by atoms with Crippen LogP contribution in [-0.2, 0) is 0 Å². The lowest BCUT2D eigenvalue weighted by atomic mass is 9.85. The van der Waals surface area contributed by atoms with Gasteiger partial charge in [-0.15, -0.1) is 0 Å². The first-order chi connectivity index (χ1) is 8.66. The topological polar surface area (TPSA) is 47.0 Å². The zero-order valence-corrected chi connectivity index (χ0v) is 10.8. The molecule has 1 aromatic heterocycles. The molecule has 0 spiro atoms. The molecule has 0 atom stereocenters. The Morgan fingerprint density at radius 2 is 1.94 bits per heavy atom. The third kappa shape index (κ3) is 3.25. The first kappa shape index (κ1) is 12.9. The first-order valence-electron chi connectivity index (χ1n) is 6.67. The van der Waals surface area contributed by atoms with Gasteiger partial charge in [0.05, 0.1) is 0 Å². The molecular formula is C15H19NO2. The predicted molar refractivity (Wildman–Crippen MR) is 69.8 cm³/mol. The van der Waals surface area contributed by atoms with E-state index in [-0.39, 0.29) is 11.6 Å². The zero-order valence-electron chi connectivity index (χ0n) is 10.8. The SMILES string of the molecule is CC(=O)c1ccc(C(=O)CC2CCCCC2)nc1. The van der Waals surface area contributed by atoms with Gasteiger partial charge in [0.15, 0.2) is 11.6 Å². The van der Waals surface area contributed by atoms with E-state index in [1.54, 1.807) is 12.1 Å². The molecule has 0 N–H and O–H groups in total. The third-order valence-corrected chi connectivity index (χ3v) is 3.65. The van der Waals surface area contributed by atoms with Gasteiger partial charge in [-0.25, -0.2) is 0 Å². The summed E-state index contributed by atoms with van der Waals surface area (Å²) in [5.41, 5.74) is 1.05. The summed E-state index contributed by atoms with van der Waals surface area (Å²) >= 11 is 0. The Bertz CT molecular complexity index is 430. The summed E-state index contributed by atoms with van der Waals surface area (Å²) in [6.07, 6.45) is 8.22. The van der Waals surface area contributed by atoms with Crippen molar-refractivity contribution in [1.82, 2.24) is 4.98 Å². The van der Waals surface area contributed by atoms with Crippen LogP contribution in [0, 0.1) is 5.92 Å². The van der Waals surface area contributed by atoms with Crippen LogP contribution >= 0.6 is 0 Å². The molecule has 0 amide bonds. The second kappa shape index (κ2) is 5.89. The number of carbonyl (C=O) groups is 2. The van der Waals surface area contributed by atoms with E-state index in [0.717, 1.165) is 12.8 Å². The Kier molecular flexibility index (Phi) is 4.24. The number of hydrogen-bond acceptors (Lipinski definition) is 3. The summed E-state index contributed by atoms with van der Waals surface area (Å²) in [6.45, 7) is 1.50. The highest BCUT2D eigenvalue weighted by Gasteiger charge is 2.18. The molecule has 0 bridgehead atoms. The molecule has 3 nitrogen and oxygen atoms in total. The van der Waals surface area contributed by atoms with Gasteiger partial charge in [0, 0.05) is 18.2 Å². The summed E-state index contributed by atoms with van der Waals surface area (Å²) in [6, 6.07) is 3.35. The van der Waals surface area contributed by atoms with Crippen molar-refractivity contribution in [2.45, 2.75) is 45.4 Å². The molecule has 0 saturated heterocycles. The number of hydrogen-bond donors (Lipinski definition) is 0. The number of nitrogens with zero attached hydrogens (tertiary/aromatic N) is 1. The van der Waals surface area contributed by atoms with E-state index in [1.807, 2.05) is 0 Å². The van der Waals surface area contributed by atoms with E-state index >= 15 is 0 Å². The molecule has 1 saturated carbocycles. The van der Waals surface area contributed by atoms with Crippen LogP contribution in [0.15, 0.2) is 18.3 Å². The van der Waals surface area contributed by atoms with Gasteiger partial charge in [-0.1, -0.05) is 32.1 Å². The number of pyridine rings is 1. The van der Waals surface area contributed by atoms with Crippen molar-refractivity contribution >= 4 is 11.6 Å². The summed E-state index contributed by atoms with van der Waals surface area (Å²) < 4.78 is 0. The fourth-order valence-electron chi connectivity index (χ4n) is 2.53. The molecule has 2 rings (SSSR count). The van der Waals surface area contributed by atoms with Gasteiger partial charge in [0.25, 0.3) is 0 Å². The molecule has 0 aliphatic heterocycles. The lowest BCUT2D eigenvalue weighted by Crippen LogP contribution is -2.13. The van der Waals surface area contributed by atoms with Crippen LogP contribution in [0.25, 0.3) is 0 Å². The maximum absolute atomic E-state index is 12.0. The Morgan fingerprint density at radius 3 is 2.50 bits per heavy atom. The monoisotopic (exact) mass is 245 g/mol. The average molecular weight is 245 g/mol. The lowest BCUT2D eigenvalue weighted by molar-refractivity contribution is 0.0943. The lowest BCUT2D eigenvalue weighted by Gasteiger charge is -2.20. The van der Waals surface area contributed by atoms with E-state index in [0.29, 0.717) is 23.6 Å². The largest absolute Gasteiger partial charge is 0.294 e. The first-order valence-corrected chi connectivity index (χ1v) is 6.67. The molecule has 1 aliphatic rings. The molecule has 96 valence electrons. The maximum Gasteiger partial charge on any atom is 0.181 e. The second-order valence-electron chi connectivity index (χ2n) is 5.12. The fraction of sp³-hybridized carbons (Fsp3) is 0.533. The normalized spacial score (nSPS) is 16.5. The number of rotatable bonds is 4.